The van der Waals surface area contributed by atoms with Crippen molar-refractivity contribution in [3.05, 3.63) is 58.1 Å². The largest absolute Gasteiger partial charge is 0.365 e. The molecule has 0 bridgehead atoms. The van der Waals surface area contributed by atoms with Crippen LogP contribution in [-0.4, -0.2) is 42.0 Å². The molecule has 2 aromatic rings. The van der Waals surface area contributed by atoms with Crippen LogP contribution < -0.4 is 9.80 Å². The van der Waals surface area contributed by atoms with Crippen LogP contribution in [-0.2, 0) is 11.3 Å². The van der Waals surface area contributed by atoms with E-state index in [1.54, 1.807) is 0 Å². The van der Waals surface area contributed by atoms with Crippen LogP contribution in [0.15, 0.2) is 42.5 Å². The molecule has 6 rings (SSSR count). The molecule has 2 aliphatic carbocycles. The number of halogens is 2. The highest BCUT2D eigenvalue weighted by Crippen LogP contribution is 2.58. The van der Waals surface area contributed by atoms with E-state index in [2.05, 4.69) is 39.0 Å². The maximum absolute atomic E-state index is 14.0. The SMILES string of the molecule is O=C(N1CCN(C2CC2)c2ccccc21)[C@]12C[C@@H]1CCN2Cc1cc(Cl)ccc1Cl. The number of carbonyl (C=O) groups is 1. The van der Waals surface area contributed by atoms with Gasteiger partial charge in [0.05, 0.1) is 11.4 Å². The maximum atomic E-state index is 14.0. The van der Waals surface area contributed by atoms with Crippen molar-refractivity contribution >= 4 is 40.5 Å². The number of nitrogens with zero attached hydrogens (tertiary/aromatic N) is 3. The minimum absolute atomic E-state index is 0.269. The van der Waals surface area contributed by atoms with E-state index in [1.165, 1.54) is 18.5 Å². The Labute approximate surface area is 187 Å². The third-order valence-corrected chi connectivity index (χ3v) is 8.01. The Hall–Kier alpha value is -1.75. The molecule has 2 atom stereocenters. The molecule has 3 fully saturated rings. The Morgan fingerprint density at radius 1 is 1.00 bits per heavy atom. The minimum Gasteiger partial charge on any atom is -0.365 e. The van der Waals surface area contributed by atoms with Crippen LogP contribution in [0.1, 0.15) is 31.2 Å². The molecule has 30 heavy (non-hydrogen) atoms. The monoisotopic (exact) mass is 441 g/mol. The summed E-state index contributed by atoms with van der Waals surface area (Å²) in [5.41, 5.74) is 2.92. The van der Waals surface area contributed by atoms with Gasteiger partial charge in [-0.2, -0.15) is 0 Å². The van der Waals surface area contributed by atoms with Crippen molar-refractivity contribution in [2.24, 2.45) is 5.92 Å². The van der Waals surface area contributed by atoms with Gasteiger partial charge in [0.25, 0.3) is 0 Å². The molecule has 2 saturated carbocycles. The van der Waals surface area contributed by atoms with E-state index in [9.17, 15) is 4.79 Å². The minimum atomic E-state index is -0.374. The molecular formula is C24H25Cl2N3O. The zero-order chi connectivity index (χ0) is 20.5. The molecule has 0 radical (unpaired) electrons. The van der Waals surface area contributed by atoms with Gasteiger partial charge in [-0.3, -0.25) is 9.69 Å². The van der Waals surface area contributed by atoms with E-state index in [4.69, 9.17) is 23.2 Å². The van der Waals surface area contributed by atoms with E-state index in [1.807, 2.05) is 18.2 Å². The summed E-state index contributed by atoms with van der Waals surface area (Å²) in [6.45, 7) is 3.30. The highest BCUT2D eigenvalue weighted by Gasteiger charge is 2.68. The summed E-state index contributed by atoms with van der Waals surface area (Å²) in [5, 5.41) is 1.40. The Balaban J connectivity index is 1.30. The number of amides is 1. The smallest absolute Gasteiger partial charge is 0.247 e. The second-order valence-electron chi connectivity index (χ2n) is 9.14. The number of anilines is 2. The normalized spacial score (nSPS) is 27.7. The Kier molecular flexibility index (Phi) is 4.35. The first-order valence-electron chi connectivity index (χ1n) is 10.9. The van der Waals surface area contributed by atoms with E-state index in [-0.39, 0.29) is 11.4 Å². The fourth-order valence-corrected chi connectivity index (χ4v) is 6.01. The van der Waals surface area contributed by atoms with Crippen molar-refractivity contribution in [2.45, 2.75) is 43.8 Å². The number of hydrogen-bond donors (Lipinski definition) is 0. The highest BCUT2D eigenvalue weighted by molar-refractivity contribution is 6.33. The summed E-state index contributed by atoms with van der Waals surface area (Å²) in [4.78, 5) is 20.9. The molecule has 2 aliphatic heterocycles. The number of fused-ring (bicyclic) bond motifs is 2. The molecule has 0 N–H and O–H groups in total. The molecule has 4 aliphatic rings. The van der Waals surface area contributed by atoms with Gasteiger partial charge >= 0.3 is 0 Å². The van der Waals surface area contributed by atoms with Crippen molar-refractivity contribution in [2.75, 3.05) is 29.4 Å². The zero-order valence-electron chi connectivity index (χ0n) is 16.9. The molecule has 0 spiro atoms. The topological polar surface area (TPSA) is 26.8 Å². The molecular weight excluding hydrogens is 417 g/mol. The van der Waals surface area contributed by atoms with Crippen molar-refractivity contribution in [1.29, 1.82) is 0 Å². The summed E-state index contributed by atoms with van der Waals surface area (Å²) in [6, 6.07) is 14.7. The lowest BCUT2D eigenvalue weighted by molar-refractivity contribution is -0.125. The van der Waals surface area contributed by atoms with Crippen LogP contribution in [0.5, 0.6) is 0 Å². The fourth-order valence-electron chi connectivity index (χ4n) is 5.64. The van der Waals surface area contributed by atoms with Gasteiger partial charge in [-0.1, -0.05) is 35.3 Å². The third kappa shape index (κ3) is 2.88. The summed E-state index contributed by atoms with van der Waals surface area (Å²) < 4.78 is 0. The van der Waals surface area contributed by atoms with Gasteiger partial charge in [-0.05, 0) is 74.0 Å². The first kappa shape index (κ1) is 19.0. The van der Waals surface area contributed by atoms with E-state index in [0.717, 1.165) is 48.7 Å². The number of piperidine rings is 1. The summed E-state index contributed by atoms with van der Waals surface area (Å²) >= 11 is 12.7. The number of rotatable bonds is 4. The predicted molar refractivity (Wildman–Crippen MR) is 121 cm³/mol. The standard InChI is InChI=1S/C24H25Cl2N3O/c25-18-5-8-20(26)16(13-18)15-27-10-9-17-14-24(17,27)23(30)29-12-11-28(19-6-7-19)21-3-1-2-4-22(21)29/h1-5,8,13,17,19H,6-7,9-12,14-15H2/t17-,24-/m0/s1. The lowest BCUT2D eigenvalue weighted by Crippen LogP contribution is -2.53. The molecule has 1 saturated heterocycles. The first-order valence-corrected chi connectivity index (χ1v) is 11.7. The number of carbonyl (C=O) groups excluding carboxylic acids is 1. The van der Waals surface area contributed by atoms with Crippen LogP contribution in [0.2, 0.25) is 10.0 Å². The second-order valence-corrected chi connectivity index (χ2v) is 9.98. The summed E-state index contributed by atoms with van der Waals surface area (Å²) in [7, 11) is 0. The summed E-state index contributed by atoms with van der Waals surface area (Å²) in [6.07, 6.45) is 4.56. The summed E-state index contributed by atoms with van der Waals surface area (Å²) in [5.74, 6) is 0.725. The number of benzene rings is 2. The van der Waals surface area contributed by atoms with Crippen LogP contribution in [0.3, 0.4) is 0 Å². The average molecular weight is 442 g/mol. The Morgan fingerprint density at radius 2 is 1.80 bits per heavy atom. The van der Waals surface area contributed by atoms with Gasteiger partial charge in [0.15, 0.2) is 0 Å². The van der Waals surface area contributed by atoms with Gasteiger partial charge in [-0.15, -0.1) is 0 Å². The Bertz CT molecular complexity index is 1020. The lowest BCUT2D eigenvalue weighted by atomic mass is 10.1. The molecule has 4 nitrogen and oxygen atoms in total. The van der Waals surface area contributed by atoms with Crippen molar-refractivity contribution < 1.29 is 4.79 Å². The zero-order valence-corrected chi connectivity index (χ0v) is 18.4. The van der Waals surface area contributed by atoms with Crippen LogP contribution in [0, 0.1) is 5.92 Å². The van der Waals surface area contributed by atoms with Gasteiger partial charge in [0.1, 0.15) is 5.54 Å². The van der Waals surface area contributed by atoms with Gasteiger partial charge in [0.2, 0.25) is 5.91 Å². The van der Waals surface area contributed by atoms with E-state index < -0.39 is 0 Å². The molecule has 1 amide bonds. The van der Waals surface area contributed by atoms with Gasteiger partial charge < -0.3 is 9.80 Å². The molecule has 0 aromatic heterocycles. The average Bonchev–Trinajstić information content (AvgIpc) is 3.68. The van der Waals surface area contributed by atoms with E-state index >= 15 is 0 Å². The predicted octanol–water partition coefficient (Wildman–Crippen LogP) is 4.97. The molecule has 2 heterocycles. The van der Waals surface area contributed by atoms with Crippen LogP contribution in [0.25, 0.3) is 0 Å². The quantitative estimate of drug-likeness (QED) is 0.669. The highest BCUT2D eigenvalue weighted by atomic mass is 35.5. The van der Waals surface area contributed by atoms with Gasteiger partial charge in [-0.25, -0.2) is 0 Å². The van der Waals surface area contributed by atoms with Crippen LogP contribution >= 0.6 is 23.2 Å². The molecule has 2 aromatic carbocycles. The fraction of sp³-hybridized carbons (Fsp3) is 0.458. The van der Waals surface area contributed by atoms with Crippen molar-refractivity contribution in [1.82, 2.24) is 4.90 Å². The molecule has 6 heteroatoms. The van der Waals surface area contributed by atoms with Crippen molar-refractivity contribution in [3.8, 4) is 0 Å². The van der Waals surface area contributed by atoms with E-state index in [0.29, 0.717) is 23.5 Å². The number of para-hydroxylation sites is 2. The number of likely N-dealkylation sites (tertiary alicyclic amines) is 1. The maximum Gasteiger partial charge on any atom is 0.247 e. The molecule has 156 valence electrons. The van der Waals surface area contributed by atoms with Gasteiger partial charge in [0, 0.05) is 35.7 Å². The van der Waals surface area contributed by atoms with Crippen LogP contribution in [0.4, 0.5) is 11.4 Å². The van der Waals surface area contributed by atoms with Crippen molar-refractivity contribution in [3.63, 3.8) is 0 Å². The number of hydrogen-bond acceptors (Lipinski definition) is 3. The third-order valence-electron chi connectivity index (χ3n) is 7.40. The Morgan fingerprint density at radius 3 is 2.57 bits per heavy atom. The molecule has 0 unspecified atom stereocenters. The second kappa shape index (κ2) is 6.88. The first-order chi connectivity index (χ1) is 14.6. The lowest BCUT2D eigenvalue weighted by Gasteiger charge is -2.40.